The van der Waals surface area contributed by atoms with Gasteiger partial charge in [-0.2, -0.15) is 0 Å². The first kappa shape index (κ1) is 12.5. The van der Waals surface area contributed by atoms with E-state index in [1.54, 1.807) is 12.1 Å². The minimum Gasteiger partial charge on any atom is -0.309 e. The Morgan fingerprint density at radius 2 is 1.65 bits per heavy atom. The zero-order valence-corrected chi connectivity index (χ0v) is 11.4. The molecule has 0 bridgehead atoms. The van der Waals surface area contributed by atoms with Crippen LogP contribution in [0, 0.1) is 9.39 Å². The van der Waals surface area contributed by atoms with Gasteiger partial charge in [-0.1, -0.05) is 24.3 Å². The standard InChI is InChI=1S/C14H13FIN/c15-13-3-1-2-12(8-13)10-17-9-11-4-6-14(16)7-5-11/h1-8,17H,9-10H2. The third-order valence-electron chi connectivity index (χ3n) is 2.46. The molecular formula is C14H13FIN. The molecule has 0 saturated carbocycles. The molecular weight excluding hydrogens is 328 g/mol. The number of nitrogens with one attached hydrogen (secondary N) is 1. The average Bonchev–Trinajstić information content (AvgIpc) is 2.32. The summed E-state index contributed by atoms with van der Waals surface area (Å²) in [4.78, 5) is 0. The highest BCUT2D eigenvalue weighted by atomic mass is 127. The van der Waals surface area contributed by atoms with Crippen molar-refractivity contribution < 1.29 is 4.39 Å². The minimum atomic E-state index is -0.182. The summed E-state index contributed by atoms with van der Waals surface area (Å²) in [5.41, 5.74) is 2.21. The van der Waals surface area contributed by atoms with Gasteiger partial charge in [0.1, 0.15) is 5.82 Å². The summed E-state index contributed by atoms with van der Waals surface area (Å²) in [6.07, 6.45) is 0. The second-order valence-corrected chi connectivity index (χ2v) is 5.11. The molecule has 0 aliphatic heterocycles. The number of halogens is 2. The van der Waals surface area contributed by atoms with Crippen LogP contribution in [-0.2, 0) is 13.1 Å². The van der Waals surface area contributed by atoms with E-state index in [2.05, 4.69) is 52.2 Å². The van der Waals surface area contributed by atoms with Gasteiger partial charge in [-0.25, -0.2) is 4.39 Å². The molecule has 2 rings (SSSR count). The molecule has 1 nitrogen and oxygen atoms in total. The van der Waals surface area contributed by atoms with Crippen LogP contribution in [0.1, 0.15) is 11.1 Å². The second-order valence-electron chi connectivity index (χ2n) is 3.86. The van der Waals surface area contributed by atoms with Crippen LogP contribution >= 0.6 is 22.6 Å². The molecule has 3 heteroatoms. The lowest BCUT2D eigenvalue weighted by Crippen LogP contribution is -2.12. The van der Waals surface area contributed by atoms with Gasteiger partial charge >= 0.3 is 0 Å². The maximum Gasteiger partial charge on any atom is 0.123 e. The van der Waals surface area contributed by atoms with Crippen molar-refractivity contribution in [1.29, 1.82) is 0 Å². The van der Waals surface area contributed by atoms with Gasteiger partial charge in [-0.3, -0.25) is 0 Å². The van der Waals surface area contributed by atoms with Gasteiger partial charge in [0, 0.05) is 16.7 Å². The predicted molar refractivity (Wildman–Crippen MR) is 76.1 cm³/mol. The highest BCUT2D eigenvalue weighted by molar-refractivity contribution is 14.1. The van der Waals surface area contributed by atoms with Crippen LogP contribution in [0.2, 0.25) is 0 Å². The van der Waals surface area contributed by atoms with Crippen LogP contribution in [0.15, 0.2) is 48.5 Å². The molecule has 0 fully saturated rings. The van der Waals surface area contributed by atoms with Gasteiger partial charge in [-0.05, 0) is 58.0 Å². The monoisotopic (exact) mass is 341 g/mol. The maximum atomic E-state index is 12.9. The first-order valence-corrected chi connectivity index (χ1v) is 6.51. The van der Waals surface area contributed by atoms with E-state index in [0.29, 0.717) is 6.54 Å². The number of rotatable bonds is 4. The summed E-state index contributed by atoms with van der Waals surface area (Å²) in [7, 11) is 0. The quantitative estimate of drug-likeness (QED) is 0.836. The smallest absolute Gasteiger partial charge is 0.123 e. The third kappa shape index (κ3) is 4.09. The average molecular weight is 341 g/mol. The molecule has 2 aromatic rings. The maximum absolute atomic E-state index is 12.9. The normalized spacial score (nSPS) is 10.5. The van der Waals surface area contributed by atoms with Crippen molar-refractivity contribution in [3.8, 4) is 0 Å². The van der Waals surface area contributed by atoms with Gasteiger partial charge in [0.15, 0.2) is 0 Å². The van der Waals surface area contributed by atoms with E-state index >= 15 is 0 Å². The van der Waals surface area contributed by atoms with E-state index in [-0.39, 0.29) is 5.82 Å². The fourth-order valence-electron chi connectivity index (χ4n) is 1.60. The molecule has 0 radical (unpaired) electrons. The van der Waals surface area contributed by atoms with Crippen molar-refractivity contribution in [1.82, 2.24) is 5.32 Å². The van der Waals surface area contributed by atoms with E-state index in [0.717, 1.165) is 12.1 Å². The van der Waals surface area contributed by atoms with Crippen LogP contribution in [0.5, 0.6) is 0 Å². The molecule has 0 aliphatic rings. The van der Waals surface area contributed by atoms with Crippen LogP contribution in [0.3, 0.4) is 0 Å². The molecule has 17 heavy (non-hydrogen) atoms. The Bertz CT molecular complexity index is 482. The van der Waals surface area contributed by atoms with Gasteiger partial charge in [0.05, 0.1) is 0 Å². The van der Waals surface area contributed by atoms with Gasteiger partial charge in [-0.15, -0.1) is 0 Å². The van der Waals surface area contributed by atoms with Crippen LogP contribution < -0.4 is 5.32 Å². The van der Waals surface area contributed by atoms with Crippen molar-refractivity contribution in [3.63, 3.8) is 0 Å². The molecule has 0 atom stereocenters. The van der Waals surface area contributed by atoms with Crippen LogP contribution in [0.25, 0.3) is 0 Å². The Hall–Kier alpha value is -0.940. The second kappa shape index (κ2) is 6.12. The summed E-state index contributed by atoms with van der Waals surface area (Å²) in [6, 6.07) is 15.0. The third-order valence-corrected chi connectivity index (χ3v) is 3.18. The first-order chi connectivity index (χ1) is 8.24. The van der Waals surface area contributed by atoms with Crippen molar-refractivity contribution >= 4 is 22.6 Å². The Morgan fingerprint density at radius 3 is 2.35 bits per heavy atom. The van der Waals surface area contributed by atoms with Crippen molar-refractivity contribution in [2.24, 2.45) is 0 Å². The SMILES string of the molecule is Fc1cccc(CNCc2ccc(I)cc2)c1. The summed E-state index contributed by atoms with van der Waals surface area (Å²) in [6.45, 7) is 1.48. The van der Waals surface area contributed by atoms with Crippen molar-refractivity contribution in [2.45, 2.75) is 13.1 Å². The Morgan fingerprint density at radius 1 is 0.941 bits per heavy atom. The Labute approximate surface area is 114 Å². The Kier molecular flexibility index (Phi) is 4.50. The lowest BCUT2D eigenvalue weighted by Gasteiger charge is -2.05. The zero-order chi connectivity index (χ0) is 12.1. The molecule has 0 heterocycles. The lowest BCUT2D eigenvalue weighted by molar-refractivity contribution is 0.620. The van der Waals surface area contributed by atoms with Crippen molar-refractivity contribution in [3.05, 3.63) is 69.0 Å². The fraction of sp³-hybridized carbons (Fsp3) is 0.143. The number of hydrogen-bond acceptors (Lipinski definition) is 1. The molecule has 2 aromatic carbocycles. The summed E-state index contributed by atoms with van der Waals surface area (Å²) in [5, 5.41) is 3.30. The summed E-state index contributed by atoms with van der Waals surface area (Å²) < 4.78 is 14.2. The molecule has 0 saturated heterocycles. The Balaban J connectivity index is 1.85. The molecule has 0 spiro atoms. The van der Waals surface area contributed by atoms with Crippen LogP contribution in [0.4, 0.5) is 4.39 Å². The van der Waals surface area contributed by atoms with Crippen LogP contribution in [-0.4, -0.2) is 0 Å². The van der Waals surface area contributed by atoms with Gasteiger partial charge < -0.3 is 5.32 Å². The molecule has 0 aromatic heterocycles. The van der Waals surface area contributed by atoms with Gasteiger partial charge in [0.2, 0.25) is 0 Å². The number of hydrogen-bond donors (Lipinski definition) is 1. The summed E-state index contributed by atoms with van der Waals surface area (Å²) in [5.74, 6) is -0.182. The summed E-state index contributed by atoms with van der Waals surface area (Å²) >= 11 is 2.29. The van der Waals surface area contributed by atoms with E-state index in [4.69, 9.17) is 0 Å². The highest BCUT2D eigenvalue weighted by Gasteiger charge is 1.96. The molecule has 0 aliphatic carbocycles. The van der Waals surface area contributed by atoms with E-state index < -0.39 is 0 Å². The topological polar surface area (TPSA) is 12.0 Å². The van der Waals surface area contributed by atoms with E-state index in [1.165, 1.54) is 15.2 Å². The highest BCUT2D eigenvalue weighted by Crippen LogP contribution is 2.07. The number of benzene rings is 2. The van der Waals surface area contributed by atoms with Crippen molar-refractivity contribution in [2.75, 3.05) is 0 Å². The minimum absolute atomic E-state index is 0.182. The molecule has 88 valence electrons. The van der Waals surface area contributed by atoms with E-state index in [1.807, 2.05) is 6.07 Å². The van der Waals surface area contributed by atoms with Gasteiger partial charge in [0.25, 0.3) is 0 Å². The fourth-order valence-corrected chi connectivity index (χ4v) is 1.96. The molecule has 1 N–H and O–H groups in total. The van der Waals surface area contributed by atoms with E-state index in [9.17, 15) is 4.39 Å². The molecule has 0 unspecified atom stereocenters. The molecule has 0 amide bonds. The predicted octanol–water partition coefficient (Wildman–Crippen LogP) is 3.72. The first-order valence-electron chi connectivity index (χ1n) is 5.43. The largest absolute Gasteiger partial charge is 0.309 e. The lowest BCUT2D eigenvalue weighted by atomic mass is 10.2. The zero-order valence-electron chi connectivity index (χ0n) is 9.29.